The van der Waals surface area contributed by atoms with Crippen molar-refractivity contribution < 1.29 is 6.17 Å². The lowest BCUT2D eigenvalue weighted by atomic mass is 10.1. The highest BCUT2D eigenvalue weighted by Gasteiger charge is 2.15. The molecule has 0 spiro atoms. The van der Waals surface area contributed by atoms with E-state index in [2.05, 4.69) is 22.7 Å². The molecule has 0 atom stereocenters. The molecule has 0 saturated carbocycles. The second-order valence-corrected chi connectivity index (χ2v) is 5.60. The summed E-state index contributed by atoms with van der Waals surface area (Å²) >= 11 is 1.83. The maximum atomic E-state index is 12.0. The van der Waals surface area contributed by atoms with Crippen LogP contribution in [0.3, 0.4) is 0 Å². The summed E-state index contributed by atoms with van der Waals surface area (Å²) in [5, 5.41) is 4.30. The van der Waals surface area contributed by atoms with Gasteiger partial charge in [-0.3, -0.25) is 4.79 Å². The highest BCUT2D eigenvalue weighted by molar-refractivity contribution is 7.99. The molecule has 1 N–H and O–H groups in total. The third kappa shape index (κ3) is 3.52. The van der Waals surface area contributed by atoms with E-state index in [1.807, 2.05) is 42.1 Å². The van der Waals surface area contributed by atoms with Gasteiger partial charge in [0, 0.05) is 29.6 Å². The third-order valence-electron chi connectivity index (χ3n) is 3.12. The minimum absolute atomic E-state index is 0.172. The number of hydrogen-bond donors (Lipinski definition) is 1. The van der Waals surface area contributed by atoms with E-state index in [4.69, 9.17) is 1.37 Å². The van der Waals surface area contributed by atoms with Crippen molar-refractivity contribution in [1.82, 2.24) is 5.43 Å². The van der Waals surface area contributed by atoms with E-state index >= 15 is 0 Å². The van der Waals surface area contributed by atoms with Gasteiger partial charge in [-0.2, -0.15) is 5.10 Å². The van der Waals surface area contributed by atoms with Crippen LogP contribution in [-0.4, -0.2) is 17.4 Å². The van der Waals surface area contributed by atoms with Crippen molar-refractivity contribution in [1.29, 1.82) is 0 Å². The first kappa shape index (κ1) is 13.9. The molecule has 0 radical (unpaired) electrons. The van der Waals surface area contributed by atoms with Crippen LogP contribution in [0.25, 0.3) is 0 Å². The molecule has 0 bridgehead atoms. The summed E-state index contributed by atoms with van der Waals surface area (Å²) in [6, 6.07) is 17.3. The molecule has 4 heteroatoms. The van der Waals surface area contributed by atoms with Gasteiger partial charge in [0.2, 0.25) is 0 Å². The van der Waals surface area contributed by atoms with Gasteiger partial charge in [0.15, 0.2) is 0 Å². The molecule has 108 valence electrons. The van der Waals surface area contributed by atoms with Gasteiger partial charge in [-0.1, -0.05) is 43.8 Å². The predicted octanol–water partition coefficient (Wildman–Crippen LogP) is 3.95. The summed E-state index contributed by atoms with van der Waals surface area (Å²) in [6.45, 7) is 0. The van der Waals surface area contributed by atoms with E-state index in [9.17, 15) is 4.79 Å². The summed E-state index contributed by atoms with van der Waals surface area (Å²) in [5.74, 6) is 0.825. The summed E-state index contributed by atoms with van der Waals surface area (Å²) in [5.41, 5.74) is 5.34. The van der Waals surface area contributed by atoms with E-state index in [1.165, 1.54) is 12.3 Å². The standard InChI is InChI=1S/C16H14N2OS.CH4/c19-16(12-6-2-1-3-7-12)18-17-14-10-11-20-15-9-5-4-8-13(14)15;/h1-9H,10-11H2,(H,18,19);1H4/b17-14+;/i;1T. The summed E-state index contributed by atoms with van der Waals surface area (Å²) in [4.78, 5) is 13.2. The van der Waals surface area contributed by atoms with Crippen molar-refractivity contribution in [2.24, 2.45) is 5.10 Å². The second kappa shape index (κ2) is 7.09. The largest absolute Gasteiger partial charge is 0.271 e. The van der Waals surface area contributed by atoms with Crippen LogP contribution in [0.15, 0.2) is 64.6 Å². The summed E-state index contributed by atoms with van der Waals surface area (Å²) in [6.07, 6.45) is 0.872. The van der Waals surface area contributed by atoms with E-state index in [0.717, 1.165) is 23.4 Å². The fourth-order valence-electron chi connectivity index (χ4n) is 2.11. The second-order valence-electron chi connectivity index (χ2n) is 4.46. The quantitative estimate of drug-likeness (QED) is 0.853. The zero-order valence-corrected chi connectivity index (χ0v) is 12.7. The van der Waals surface area contributed by atoms with Crippen molar-refractivity contribution in [3.05, 3.63) is 65.7 Å². The van der Waals surface area contributed by atoms with Gasteiger partial charge in [-0.15, -0.1) is 11.8 Å². The number of thioether (sulfide) groups is 1. The molecule has 0 unspecified atom stereocenters. The summed E-state index contributed by atoms with van der Waals surface area (Å²) in [7, 11) is 1.25. The first-order valence-electron chi connectivity index (χ1n) is 7.49. The van der Waals surface area contributed by atoms with E-state index in [-0.39, 0.29) is 5.91 Å². The van der Waals surface area contributed by atoms with Crippen molar-refractivity contribution in [3.8, 4) is 0 Å². The Bertz CT molecular complexity index is 659. The van der Waals surface area contributed by atoms with Crippen molar-refractivity contribution in [2.45, 2.75) is 18.7 Å². The lowest BCUT2D eigenvalue weighted by molar-refractivity contribution is 0.0955. The highest BCUT2D eigenvalue weighted by atomic mass is 32.2. The van der Waals surface area contributed by atoms with Crippen molar-refractivity contribution in [3.63, 3.8) is 0 Å². The molecule has 2 aromatic rings. The Morgan fingerprint density at radius 1 is 1.14 bits per heavy atom. The summed E-state index contributed by atoms with van der Waals surface area (Å²) < 4.78 is 5.75. The molecule has 3 rings (SSSR count). The Hall–Kier alpha value is -2.07. The number of fused-ring (bicyclic) bond motifs is 1. The van der Waals surface area contributed by atoms with Crippen LogP contribution >= 0.6 is 11.8 Å². The smallest absolute Gasteiger partial charge is 0.267 e. The van der Waals surface area contributed by atoms with Gasteiger partial charge in [-0.05, 0) is 18.2 Å². The number of carbonyl (C=O) groups is 1. The zero-order chi connectivity index (χ0) is 15.8. The van der Waals surface area contributed by atoms with Crippen LogP contribution in [0.4, 0.5) is 0 Å². The number of amides is 1. The molecule has 21 heavy (non-hydrogen) atoms. The number of benzene rings is 2. The molecule has 1 aliphatic heterocycles. The lowest BCUT2D eigenvalue weighted by Crippen LogP contribution is -2.21. The minimum Gasteiger partial charge on any atom is -0.267 e. The Morgan fingerprint density at radius 2 is 1.86 bits per heavy atom. The maximum absolute atomic E-state index is 12.0. The van der Waals surface area contributed by atoms with E-state index < -0.39 is 0 Å². The fraction of sp³-hybridized carbons (Fsp3) is 0.176. The molecule has 1 amide bonds. The van der Waals surface area contributed by atoms with Crippen LogP contribution in [0, 0.1) is 0 Å². The van der Waals surface area contributed by atoms with Crippen LogP contribution in [0.1, 0.15) is 31.1 Å². The minimum atomic E-state index is -0.172. The van der Waals surface area contributed by atoms with E-state index in [0.29, 0.717) is 5.56 Å². The van der Waals surface area contributed by atoms with Gasteiger partial charge in [0.25, 0.3) is 5.91 Å². The molecule has 0 fully saturated rings. The van der Waals surface area contributed by atoms with Gasteiger partial charge >= 0.3 is 0 Å². The number of nitrogens with zero attached hydrogens (tertiary/aromatic N) is 1. The molecule has 0 aliphatic carbocycles. The number of nitrogens with one attached hydrogen (secondary N) is 1. The molecule has 1 aliphatic rings. The molecule has 0 saturated heterocycles. The average Bonchev–Trinajstić information content (AvgIpc) is 2.62. The van der Waals surface area contributed by atoms with Gasteiger partial charge in [0.05, 0.1) is 5.71 Å². The van der Waals surface area contributed by atoms with Crippen molar-refractivity contribution in [2.75, 3.05) is 5.75 Å². The number of hydrogen-bond acceptors (Lipinski definition) is 3. The van der Waals surface area contributed by atoms with E-state index in [1.54, 1.807) is 12.1 Å². The lowest BCUT2D eigenvalue weighted by Gasteiger charge is -2.16. The first-order valence-corrected chi connectivity index (χ1v) is 7.47. The predicted molar refractivity (Wildman–Crippen MR) is 89.0 cm³/mol. The fourth-order valence-corrected chi connectivity index (χ4v) is 3.14. The zero-order valence-electron chi connectivity index (χ0n) is 12.9. The first-order chi connectivity index (χ1) is 10.8. The van der Waals surface area contributed by atoms with Crippen LogP contribution in [0.2, 0.25) is 0 Å². The SMILES string of the molecule is O=C(N/N=C1\CCSc2ccccc21)c1ccccc1.[3H]C. The Labute approximate surface area is 130 Å². The van der Waals surface area contributed by atoms with Crippen molar-refractivity contribution >= 4 is 23.4 Å². The molecular weight excluding hydrogens is 280 g/mol. The third-order valence-corrected chi connectivity index (χ3v) is 4.20. The molecule has 2 aromatic carbocycles. The maximum Gasteiger partial charge on any atom is 0.271 e. The Kier molecular flexibility index (Phi) is 4.69. The average molecular weight is 300 g/mol. The topological polar surface area (TPSA) is 41.5 Å². The number of rotatable bonds is 2. The Balaban J connectivity index is 0.000000847. The van der Waals surface area contributed by atoms with Crippen LogP contribution in [0.5, 0.6) is 0 Å². The number of hydrazone groups is 1. The molecule has 1 heterocycles. The normalized spacial score (nSPS) is 15.3. The van der Waals surface area contributed by atoms with Crippen LogP contribution < -0.4 is 5.43 Å². The monoisotopic (exact) mass is 300 g/mol. The highest BCUT2D eigenvalue weighted by Crippen LogP contribution is 2.29. The van der Waals surface area contributed by atoms with Crippen LogP contribution in [-0.2, 0) is 0 Å². The Morgan fingerprint density at radius 3 is 2.67 bits per heavy atom. The molecule has 0 aromatic heterocycles. The molecular formula is C17H18N2OS. The van der Waals surface area contributed by atoms with Gasteiger partial charge in [-0.25, -0.2) is 5.43 Å². The number of carbonyl (C=O) groups excluding carboxylic acids is 1. The van der Waals surface area contributed by atoms with Gasteiger partial charge in [0.1, 0.15) is 0 Å². The van der Waals surface area contributed by atoms with Gasteiger partial charge < -0.3 is 0 Å². The molecule has 3 nitrogen and oxygen atoms in total.